The second-order valence-electron chi connectivity index (χ2n) is 6.71. The van der Waals surface area contributed by atoms with Crippen molar-refractivity contribution in [1.82, 2.24) is 0 Å². The smallest absolute Gasteiger partial charge is 0.416 e. The number of nitrogens with one attached hydrogen (secondary N) is 1. The molecule has 1 saturated carbocycles. The van der Waals surface area contributed by atoms with Crippen molar-refractivity contribution in [3.8, 4) is 0 Å². The zero-order valence-corrected chi connectivity index (χ0v) is 14.3. The Kier molecular flexibility index (Phi) is 4.95. The van der Waals surface area contributed by atoms with E-state index in [4.69, 9.17) is 5.11 Å². The average molecular weight is 377 g/mol. The van der Waals surface area contributed by atoms with E-state index in [1.54, 1.807) is 30.3 Å². The van der Waals surface area contributed by atoms with Gasteiger partial charge in [0.2, 0.25) is 5.91 Å². The Hall–Kier alpha value is -2.83. The van der Waals surface area contributed by atoms with E-state index in [-0.39, 0.29) is 12.3 Å². The molecular weight excluding hydrogens is 359 g/mol. The lowest BCUT2D eigenvalue weighted by Gasteiger charge is -2.18. The van der Waals surface area contributed by atoms with E-state index in [9.17, 15) is 22.8 Å². The maximum absolute atomic E-state index is 13.0. The first-order valence-electron chi connectivity index (χ1n) is 8.51. The van der Waals surface area contributed by atoms with Crippen LogP contribution in [0.5, 0.6) is 0 Å². The first-order valence-corrected chi connectivity index (χ1v) is 8.51. The highest BCUT2D eigenvalue weighted by Gasteiger charge is 2.51. The summed E-state index contributed by atoms with van der Waals surface area (Å²) in [6.07, 6.45) is -3.18. The number of alkyl halides is 3. The molecule has 1 fully saturated rings. The van der Waals surface area contributed by atoms with Crippen molar-refractivity contribution < 1.29 is 27.9 Å². The van der Waals surface area contributed by atoms with Gasteiger partial charge in [0.05, 0.1) is 11.0 Å². The molecule has 0 heterocycles. The topological polar surface area (TPSA) is 66.4 Å². The quantitative estimate of drug-likeness (QED) is 0.785. The molecule has 2 aromatic rings. The van der Waals surface area contributed by atoms with E-state index in [1.165, 1.54) is 6.07 Å². The molecule has 3 rings (SSSR count). The van der Waals surface area contributed by atoms with Crippen molar-refractivity contribution in [1.29, 1.82) is 0 Å². The Morgan fingerprint density at radius 3 is 2.41 bits per heavy atom. The lowest BCUT2D eigenvalue weighted by molar-refractivity contribution is -0.138. The van der Waals surface area contributed by atoms with E-state index in [0.717, 1.165) is 17.7 Å². The Balaban J connectivity index is 1.77. The third-order valence-corrected chi connectivity index (χ3v) is 4.74. The van der Waals surface area contributed by atoms with Crippen molar-refractivity contribution in [2.24, 2.45) is 0 Å². The molecule has 1 aliphatic rings. The Labute approximate surface area is 154 Å². The number of hydrogen-bond donors (Lipinski definition) is 2. The highest BCUT2D eigenvalue weighted by molar-refractivity contribution is 6.01. The molecule has 0 aliphatic heterocycles. The molecule has 0 aromatic heterocycles. The third-order valence-electron chi connectivity index (χ3n) is 4.74. The number of carbonyl (C=O) groups is 2. The number of aryl methyl sites for hydroxylation is 1. The highest BCUT2D eigenvalue weighted by atomic mass is 19.4. The number of benzene rings is 2. The van der Waals surface area contributed by atoms with Gasteiger partial charge in [0.1, 0.15) is 0 Å². The van der Waals surface area contributed by atoms with Gasteiger partial charge < -0.3 is 10.4 Å². The summed E-state index contributed by atoms with van der Waals surface area (Å²) in [5.41, 5.74) is -0.0925. The third kappa shape index (κ3) is 4.30. The summed E-state index contributed by atoms with van der Waals surface area (Å²) in [5, 5.41) is 11.5. The van der Waals surface area contributed by atoms with Gasteiger partial charge in [0, 0.05) is 12.1 Å². The maximum Gasteiger partial charge on any atom is 0.416 e. The Morgan fingerprint density at radius 1 is 1.07 bits per heavy atom. The monoisotopic (exact) mass is 377 g/mol. The zero-order valence-electron chi connectivity index (χ0n) is 14.3. The van der Waals surface area contributed by atoms with E-state index in [2.05, 4.69) is 5.32 Å². The van der Waals surface area contributed by atoms with Gasteiger partial charge in [-0.25, -0.2) is 0 Å². The average Bonchev–Trinajstić information content (AvgIpc) is 3.42. The minimum atomic E-state index is -4.46. The normalized spacial score (nSPS) is 15.2. The number of carboxylic acid groups (broad SMARTS) is 1. The van der Waals surface area contributed by atoms with Crippen molar-refractivity contribution in [2.75, 3.05) is 5.32 Å². The first kappa shape index (κ1) is 18.9. The number of halogens is 3. The molecule has 7 heteroatoms. The molecule has 4 nitrogen and oxygen atoms in total. The molecule has 27 heavy (non-hydrogen) atoms. The summed E-state index contributed by atoms with van der Waals surface area (Å²) >= 11 is 0. The van der Waals surface area contributed by atoms with Crippen molar-refractivity contribution in [3.63, 3.8) is 0 Å². The van der Waals surface area contributed by atoms with E-state index in [1.807, 2.05) is 0 Å². The van der Waals surface area contributed by atoms with Gasteiger partial charge in [-0.2, -0.15) is 13.2 Å². The lowest BCUT2D eigenvalue weighted by Crippen LogP contribution is -2.28. The summed E-state index contributed by atoms with van der Waals surface area (Å²) in [7, 11) is 0. The second-order valence-corrected chi connectivity index (χ2v) is 6.71. The minimum absolute atomic E-state index is 0.0223. The molecule has 2 aromatic carbocycles. The molecule has 2 N–H and O–H groups in total. The van der Waals surface area contributed by atoms with Crippen LogP contribution in [-0.4, -0.2) is 17.0 Å². The van der Waals surface area contributed by atoms with Crippen LogP contribution in [0.2, 0.25) is 0 Å². The zero-order chi connectivity index (χ0) is 19.7. The fourth-order valence-electron chi connectivity index (χ4n) is 3.07. The molecule has 0 spiro atoms. The Bertz CT molecular complexity index is 873. The second kappa shape index (κ2) is 7.06. The standard InChI is InChI=1S/C20H18F3NO3/c21-20(22,23)15-5-2-4-14(12-15)19(9-10-19)18(27)24-16-6-1-3-13(11-16)7-8-17(25)26/h1-6,11-12H,7-10H2,(H,24,27)(H,25,26). The van der Waals surface area contributed by atoms with Crippen LogP contribution in [0.25, 0.3) is 0 Å². The molecule has 0 atom stereocenters. The molecule has 1 aliphatic carbocycles. The number of aliphatic carboxylic acids is 1. The number of hydrogen-bond acceptors (Lipinski definition) is 2. The van der Waals surface area contributed by atoms with Gasteiger partial charge in [-0.15, -0.1) is 0 Å². The number of amides is 1. The van der Waals surface area contributed by atoms with Crippen LogP contribution in [0.3, 0.4) is 0 Å². The first-order chi connectivity index (χ1) is 12.7. The minimum Gasteiger partial charge on any atom is -0.481 e. The number of carboxylic acids is 1. The maximum atomic E-state index is 13.0. The van der Waals surface area contributed by atoms with E-state index < -0.39 is 23.1 Å². The predicted molar refractivity (Wildman–Crippen MR) is 93.4 cm³/mol. The summed E-state index contributed by atoms with van der Waals surface area (Å²) in [6.45, 7) is 0. The number of rotatable bonds is 6. The number of carbonyl (C=O) groups excluding carboxylic acids is 1. The molecule has 0 bridgehead atoms. The van der Waals surface area contributed by atoms with Crippen LogP contribution in [0.15, 0.2) is 48.5 Å². The van der Waals surface area contributed by atoms with Crippen LogP contribution < -0.4 is 5.32 Å². The van der Waals surface area contributed by atoms with E-state index in [0.29, 0.717) is 30.5 Å². The van der Waals surface area contributed by atoms with Crippen molar-refractivity contribution in [2.45, 2.75) is 37.3 Å². The molecular formula is C20H18F3NO3. The molecule has 0 radical (unpaired) electrons. The van der Waals surface area contributed by atoms with Crippen molar-refractivity contribution >= 4 is 17.6 Å². The van der Waals surface area contributed by atoms with E-state index >= 15 is 0 Å². The largest absolute Gasteiger partial charge is 0.481 e. The fraction of sp³-hybridized carbons (Fsp3) is 0.300. The molecule has 0 saturated heterocycles. The lowest BCUT2D eigenvalue weighted by atomic mass is 9.93. The van der Waals surface area contributed by atoms with Gasteiger partial charge in [-0.05, 0) is 48.6 Å². The van der Waals surface area contributed by atoms with Gasteiger partial charge in [0.15, 0.2) is 0 Å². The Morgan fingerprint density at radius 2 is 1.78 bits per heavy atom. The molecule has 142 valence electrons. The summed E-state index contributed by atoms with van der Waals surface area (Å²) < 4.78 is 38.9. The van der Waals surface area contributed by atoms with Crippen LogP contribution in [0.1, 0.15) is 36.0 Å². The predicted octanol–water partition coefficient (Wildman–Crippen LogP) is 4.39. The van der Waals surface area contributed by atoms with Crippen LogP contribution in [-0.2, 0) is 27.6 Å². The summed E-state index contributed by atoms with van der Waals surface area (Å²) in [6, 6.07) is 11.7. The van der Waals surface area contributed by atoms with Gasteiger partial charge >= 0.3 is 12.1 Å². The number of anilines is 1. The van der Waals surface area contributed by atoms with Gasteiger partial charge in [-0.3, -0.25) is 9.59 Å². The van der Waals surface area contributed by atoms with Crippen molar-refractivity contribution in [3.05, 3.63) is 65.2 Å². The van der Waals surface area contributed by atoms with Gasteiger partial charge in [-0.1, -0.05) is 30.3 Å². The fourth-order valence-corrected chi connectivity index (χ4v) is 3.07. The SMILES string of the molecule is O=C(O)CCc1cccc(NC(=O)C2(c3cccc(C(F)(F)F)c3)CC2)c1. The summed E-state index contributed by atoms with van der Waals surface area (Å²) in [4.78, 5) is 23.4. The van der Waals surface area contributed by atoms with Gasteiger partial charge in [0.25, 0.3) is 0 Å². The van der Waals surface area contributed by atoms with Crippen LogP contribution in [0.4, 0.5) is 18.9 Å². The molecule has 0 unspecified atom stereocenters. The van der Waals surface area contributed by atoms with Crippen LogP contribution in [0, 0.1) is 0 Å². The summed E-state index contributed by atoms with van der Waals surface area (Å²) in [5.74, 6) is -1.26. The molecule has 1 amide bonds. The highest BCUT2D eigenvalue weighted by Crippen LogP contribution is 2.50. The van der Waals surface area contributed by atoms with Crippen LogP contribution >= 0.6 is 0 Å².